The number of thiocarbonyl (C=S) groups is 1. The summed E-state index contributed by atoms with van der Waals surface area (Å²) in [7, 11) is 0. The van der Waals surface area contributed by atoms with Crippen molar-refractivity contribution < 1.29 is 19.5 Å². The predicted octanol–water partition coefficient (Wildman–Crippen LogP) is 4.55. The Bertz CT molecular complexity index is 1470. The number of carboxylic acid groups (broad SMARTS) is 1. The maximum absolute atomic E-state index is 13.5. The molecule has 2 N–H and O–H groups in total. The van der Waals surface area contributed by atoms with Crippen LogP contribution in [0.3, 0.4) is 0 Å². The van der Waals surface area contributed by atoms with Gasteiger partial charge in [-0.1, -0.05) is 18.2 Å². The second-order valence-corrected chi connectivity index (χ2v) is 9.03. The number of aromatic carboxylic acids is 1. The number of nitrogens with one attached hydrogen (secondary N) is 1. The fraction of sp³-hybridized carbons (Fsp3) is 0.185. The van der Waals surface area contributed by atoms with E-state index in [1.807, 2.05) is 57.4 Å². The topological polar surface area (TPSA) is 91.6 Å². The molecule has 0 unspecified atom stereocenters. The van der Waals surface area contributed by atoms with Crippen LogP contribution in [-0.2, 0) is 9.59 Å². The summed E-state index contributed by atoms with van der Waals surface area (Å²) in [6.45, 7) is 9.51. The lowest BCUT2D eigenvalue weighted by Crippen LogP contribution is -2.54. The van der Waals surface area contributed by atoms with Crippen molar-refractivity contribution in [1.82, 2.24) is 9.88 Å². The number of hydrogen-bond donors (Lipinski definition) is 2. The molecule has 0 spiro atoms. The van der Waals surface area contributed by atoms with Crippen molar-refractivity contribution in [3.63, 3.8) is 0 Å². The van der Waals surface area contributed by atoms with Crippen molar-refractivity contribution in [3.8, 4) is 5.69 Å². The number of carbonyl (C=O) groups excluding carboxylic acids is 2. The Kier molecular flexibility index (Phi) is 6.17. The molecule has 1 aliphatic heterocycles. The highest BCUT2D eigenvalue weighted by Crippen LogP contribution is 2.29. The van der Waals surface area contributed by atoms with Crippen molar-refractivity contribution in [2.24, 2.45) is 0 Å². The van der Waals surface area contributed by atoms with Crippen LogP contribution >= 0.6 is 12.2 Å². The molecule has 0 saturated carbocycles. The number of carbonyl (C=O) groups is 3. The lowest BCUT2D eigenvalue weighted by Gasteiger charge is -2.30. The summed E-state index contributed by atoms with van der Waals surface area (Å²) >= 11 is 5.34. The average molecular weight is 488 g/mol. The molecule has 2 aromatic carbocycles. The van der Waals surface area contributed by atoms with Crippen molar-refractivity contribution in [1.29, 1.82) is 0 Å². The van der Waals surface area contributed by atoms with E-state index in [-0.39, 0.29) is 16.2 Å². The van der Waals surface area contributed by atoms with Gasteiger partial charge in [-0.25, -0.2) is 4.79 Å². The van der Waals surface area contributed by atoms with Gasteiger partial charge in [0.15, 0.2) is 5.11 Å². The number of carboxylic acids is 1. The van der Waals surface area contributed by atoms with E-state index in [1.54, 1.807) is 30.3 Å². The van der Waals surface area contributed by atoms with E-state index in [9.17, 15) is 19.5 Å². The molecule has 7 nitrogen and oxygen atoms in total. The number of hydrogen-bond acceptors (Lipinski definition) is 4. The molecule has 0 bridgehead atoms. The van der Waals surface area contributed by atoms with Gasteiger partial charge >= 0.3 is 5.97 Å². The maximum Gasteiger partial charge on any atom is 0.335 e. The van der Waals surface area contributed by atoms with E-state index in [1.165, 1.54) is 4.90 Å². The van der Waals surface area contributed by atoms with Crippen LogP contribution < -0.4 is 10.2 Å². The first-order chi connectivity index (χ1) is 16.5. The van der Waals surface area contributed by atoms with Gasteiger partial charge in [-0.3, -0.25) is 19.8 Å². The highest BCUT2D eigenvalue weighted by Gasteiger charge is 2.35. The summed E-state index contributed by atoms with van der Waals surface area (Å²) in [6, 6.07) is 12.4. The molecule has 0 atom stereocenters. The van der Waals surface area contributed by atoms with Gasteiger partial charge in [-0.15, -0.1) is 0 Å². The number of rotatable bonds is 4. The summed E-state index contributed by atoms with van der Waals surface area (Å²) in [5.41, 5.74) is 6.57. The molecule has 35 heavy (non-hydrogen) atoms. The molecule has 3 aromatic rings. The van der Waals surface area contributed by atoms with E-state index >= 15 is 0 Å². The van der Waals surface area contributed by atoms with Crippen LogP contribution in [0.4, 0.5) is 5.69 Å². The van der Waals surface area contributed by atoms with Gasteiger partial charge in [-0.05, 0) is 99.4 Å². The first kappa shape index (κ1) is 24.1. The zero-order valence-electron chi connectivity index (χ0n) is 20.1. The number of amides is 2. The van der Waals surface area contributed by atoms with Crippen molar-refractivity contribution in [2.75, 3.05) is 4.90 Å². The molecule has 1 saturated heterocycles. The van der Waals surface area contributed by atoms with Gasteiger partial charge < -0.3 is 9.67 Å². The minimum atomic E-state index is -1.01. The molecule has 1 aliphatic rings. The van der Waals surface area contributed by atoms with E-state index in [0.29, 0.717) is 11.3 Å². The Morgan fingerprint density at radius 3 is 2.37 bits per heavy atom. The summed E-state index contributed by atoms with van der Waals surface area (Å²) in [6.07, 6.45) is 1.56. The number of nitrogens with zero attached hydrogens (tertiary/aromatic N) is 2. The normalized spacial score (nSPS) is 15.1. The molecule has 4 rings (SSSR count). The SMILES string of the molecule is Cc1ccc(C(=O)O)cc1-n1c(C)cc(C=C2C(=O)NC(=S)N(c3cccc(C)c3C)C2=O)c1C. The maximum atomic E-state index is 13.5. The van der Waals surface area contributed by atoms with E-state index in [0.717, 1.165) is 33.8 Å². The lowest BCUT2D eigenvalue weighted by atomic mass is 10.0. The Morgan fingerprint density at radius 2 is 1.69 bits per heavy atom. The van der Waals surface area contributed by atoms with Crippen molar-refractivity contribution >= 4 is 46.9 Å². The molecule has 8 heteroatoms. The third kappa shape index (κ3) is 4.17. The van der Waals surface area contributed by atoms with Crippen LogP contribution in [-0.4, -0.2) is 32.6 Å². The molecule has 2 amide bonds. The third-order valence-electron chi connectivity index (χ3n) is 6.39. The van der Waals surface area contributed by atoms with Crippen molar-refractivity contribution in [2.45, 2.75) is 34.6 Å². The van der Waals surface area contributed by atoms with E-state index in [2.05, 4.69) is 5.32 Å². The Hall–Kier alpha value is -4.04. The van der Waals surface area contributed by atoms with Gasteiger partial charge in [0.1, 0.15) is 5.57 Å². The zero-order chi connectivity index (χ0) is 25.6. The first-order valence-corrected chi connectivity index (χ1v) is 11.4. The van der Waals surface area contributed by atoms with Crippen LogP contribution in [0.15, 0.2) is 48.0 Å². The summed E-state index contributed by atoms with van der Waals surface area (Å²) in [4.78, 5) is 39.2. The van der Waals surface area contributed by atoms with Gasteiger partial charge in [0.05, 0.1) is 11.3 Å². The Balaban J connectivity index is 1.81. The quantitative estimate of drug-likeness (QED) is 0.320. The van der Waals surface area contributed by atoms with E-state index < -0.39 is 17.8 Å². The molecular weight excluding hydrogens is 462 g/mol. The van der Waals surface area contributed by atoms with Crippen LogP contribution in [0, 0.1) is 34.6 Å². The Morgan fingerprint density at radius 1 is 0.971 bits per heavy atom. The fourth-order valence-corrected chi connectivity index (χ4v) is 4.57. The number of aromatic nitrogens is 1. The third-order valence-corrected chi connectivity index (χ3v) is 6.67. The van der Waals surface area contributed by atoms with Crippen LogP contribution in [0.2, 0.25) is 0 Å². The first-order valence-electron chi connectivity index (χ1n) is 11.0. The Labute approximate surface area is 208 Å². The summed E-state index contributed by atoms with van der Waals surface area (Å²) in [5.74, 6) is -2.07. The molecule has 2 heterocycles. The molecule has 1 fully saturated rings. The van der Waals surface area contributed by atoms with Gasteiger partial charge in [-0.2, -0.15) is 0 Å². The number of aryl methyl sites for hydroxylation is 3. The monoisotopic (exact) mass is 487 g/mol. The predicted molar refractivity (Wildman–Crippen MR) is 139 cm³/mol. The highest BCUT2D eigenvalue weighted by atomic mass is 32.1. The van der Waals surface area contributed by atoms with Gasteiger partial charge in [0, 0.05) is 17.1 Å². The smallest absolute Gasteiger partial charge is 0.335 e. The average Bonchev–Trinajstić information content (AvgIpc) is 3.07. The van der Waals surface area contributed by atoms with Gasteiger partial charge in [0.2, 0.25) is 0 Å². The van der Waals surface area contributed by atoms with Crippen LogP contribution in [0.25, 0.3) is 11.8 Å². The largest absolute Gasteiger partial charge is 0.478 e. The fourth-order valence-electron chi connectivity index (χ4n) is 4.30. The standard InChI is InChI=1S/C27H25N3O4S/c1-14-7-6-8-22(17(14)4)30-25(32)21(24(31)28-27(30)35)12-20-11-16(3)29(18(20)5)23-13-19(26(33)34)10-9-15(23)2/h6-13H,1-5H3,(H,33,34)(H,28,31,35). The second kappa shape index (κ2) is 8.96. The molecule has 178 valence electrons. The lowest BCUT2D eigenvalue weighted by molar-refractivity contribution is -0.122. The number of benzene rings is 2. The number of anilines is 1. The second-order valence-electron chi connectivity index (χ2n) is 8.65. The molecule has 0 radical (unpaired) electrons. The van der Waals surface area contributed by atoms with Crippen LogP contribution in [0.5, 0.6) is 0 Å². The summed E-state index contributed by atoms with van der Waals surface area (Å²) in [5, 5.41) is 12.1. The minimum Gasteiger partial charge on any atom is -0.478 e. The molecule has 0 aliphatic carbocycles. The minimum absolute atomic E-state index is 0.0317. The zero-order valence-corrected chi connectivity index (χ0v) is 20.9. The molecule has 1 aromatic heterocycles. The van der Waals surface area contributed by atoms with E-state index in [4.69, 9.17) is 12.2 Å². The molecular formula is C27H25N3O4S. The summed E-state index contributed by atoms with van der Waals surface area (Å²) < 4.78 is 1.92. The highest BCUT2D eigenvalue weighted by molar-refractivity contribution is 7.80. The van der Waals surface area contributed by atoms with Gasteiger partial charge in [0.25, 0.3) is 11.8 Å². The van der Waals surface area contributed by atoms with Crippen LogP contribution in [0.1, 0.15) is 44.0 Å². The van der Waals surface area contributed by atoms with Crippen molar-refractivity contribution in [3.05, 3.63) is 87.2 Å².